The monoisotopic (exact) mass is 325 g/mol. The number of benzene rings is 1. The number of carbonyl (C=O) groups is 2. The van der Waals surface area contributed by atoms with Crippen LogP contribution in [-0.2, 0) is 14.3 Å². The lowest BCUT2D eigenvalue weighted by atomic mass is 10.2. The van der Waals surface area contributed by atoms with Crippen molar-refractivity contribution in [3.05, 3.63) is 48.8 Å². The molecule has 1 amide bonds. The third-order valence-corrected chi connectivity index (χ3v) is 3.22. The standard InChI is InChI=1S/C17H15N3O4/c1-2-23-17(22)16(21)20-11-6-7-15(19-10-11)24-14-5-3-4-13-12(14)8-9-18-13/h3-10,18H,2H2,1H3,(H,20,21). The Bertz CT molecular complexity index is 871. The van der Waals surface area contributed by atoms with Gasteiger partial charge < -0.3 is 19.8 Å². The Morgan fingerprint density at radius 3 is 2.83 bits per heavy atom. The Balaban J connectivity index is 1.70. The van der Waals surface area contributed by atoms with Gasteiger partial charge in [0.1, 0.15) is 5.75 Å². The van der Waals surface area contributed by atoms with E-state index in [0.717, 1.165) is 10.9 Å². The molecule has 7 nitrogen and oxygen atoms in total. The fourth-order valence-corrected chi connectivity index (χ4v) is 2.15. The summed E-state index contributed by atoms with van der Waals surface area (Å²) in [6, 6.07) is 10.8. The average Bonchev–Trinajstić information content (AvgIpc) is 3.06. The molecule has 24 heavy (non-hydrogen) atoms. The number of pyridine rings is 1. The lowest BCUT2D eigenvalue weighted by Crippen LogP contribution is -2.24. The van der Waals surface area contributed by atoms with Gasteiger partial charge in [0.15, 0.2) is 0 Å². The molecule has 0 aliphatic carbocycles. The van der Waals surface area contributed by atoms with Crippen molar-refractivity contribution in [2.75, 3.05) is 11.9 Å². The van der Waals surface area contributed by atoms with Crippen molar-refractivity contribution in [3.8, 4) is 11.6 Å². The summed E-state index contributed by atoms with van der Waals surface area (Å²) < 4.78 is 10.4. The maximum atomic E-state index is 11.5. The number of ether oxygens (including phenoxy) is 2. The lowest BCUT2D eigenvalue weighted by molar-refractivity contribution is -0.152. The van der Waals surface area contributed by atoms with Crippen LogP contribution in [0.3, 0.4) is 0 Å². The van der Waals surface area contributed by atoms with Crippen LogP contribution in [0.4, 0.5) is 5.69 Å². The second-order valence-corrected chi connectivity index (χ2v) is 4.86. The number of carbonyl (C=O) groups excluding carboxylic acids is 2. The number of anilines is 1. The molecule has 2 N–H and O–H groups in total. The van der Waals surface area contributed by atoms with E-state index in [-0.39, 0.29) is 6.61 Å². The molecule has 3 rings (SSSR count). The van der Waals surface area contributed by atoms with E-state index in [0.29, 0.717) is 17.3 Å². The molecule has 0 radical (unpaired) electrons. The Hall–Kier alpha value is -3.35. The maximum Gasteiger partial charge on any atom is 0.397 e. The molecule has 2 aromatic heterocycles. The van der Waals surface area contributed by atoms with Gasteiger partial charge >= 0.3 is 11.9 Å². The number of amides is 1. The fraction of sp³-hybridized carbons (Fsp3) is 0.118. The first-order valence-electron chi connectivity index (χ1n) is 7.35. The Kier molecular flexibility index (Phi) is 4.42. The molecule has 0 saturated heterocycles. The van der Waals surface area contributed by atoms with Crippen LogP contribution in [0.15, 0.2) is 48.8 Å². The van der Waals surface area contributed by atoms with Crippen molar-refractivity contribution in [1.82, 2.24) is 9.97 Å². The van der Waals surface area contributed by atoms with Crippen LogP contribution in [0.1, 0.15) is 6.92 Å². The third kappa shape index (κ3) is 3.35. The van der Waals surface area contributed by atoms with Crippen molar-refractivity contribution < 1.29 is 19.1 Å². The maximum absolute atomic E-state index is 11.5. The molecule has 0 fully saturated rings. The number of H-pyrrole nitrogens is 1. The summed E-state index contributed by atoms with van der Waals surface area (Å²) in [5.74, 6) is -0.733. The van der Waals surface area contributed by atoms with Gasteiger partial charge in [0.2, 0.25) is 5.88 Å². The number of nitrogens with one attached hydrogen (secondary N) is 2. The van der Waals surface area contributed by atoms with Crippen molar-refractivity contribution in [2.24, 2.45) is 0 Å². The van der Waals surface area contributed by atoms with E-state index in [1.807, 2.05) is 30.5 Å². The molecule has 0 saturated carbocycles. The molecule has 0 spiro atoms. The SMILES string of the molecule is CCOC(=O)C(=O)Nc1ccc(Oc2cccc3[nH]ccc23)nc1. The van der Waals surface area contributed by atoms with Gasteiger partial charge in [-0.1, -0.05) is 6.07 Å². The first-order chi connectivity index (χ1) is 11.7. The minimum Gasteiger partial charge on any atom is -0.459 e. The Morgan fingerprint density at radius 1 is 1.21 bits per heavy atom. The third-order valence-electron chi connectivity index (χ3n) is 3.22. The summed E-state index contributed by atoms with van der Waals surface area (Å²) in [7, 11) is 0. The minimum absolute atomic E-state index is 0.141. The fourth-order valence-electron chi connectivity index (χ4n) is 2.15. The number of aromatic nitrogens is 2. The van der Waals surface area contributed by atoms with Crippen LogP contribution < -0.4 is 10.1 Å². The molecule has 0 aliphatic rings. The van der Waals surface area contributed by atoms with Gasteiger partial charge in [0.05, 0.1) is 18.5 Å². The second kappa shape index (κ2) is 6.82. The van der Waals surface area contributed by atoms with E-state index in [2.05, 4.69) is 20.0 Å². The molecule has 122 valence electrons. The first-order valence-corrected chi connectivity index (χ1v) is 7.35. The predicted octanol–water partition coefficient (Wildman–Crippen LogP) is 2.86. The van der Waals surface area contributed by atoms with Crippen LogP contribution in [0.2, 0.25) is 0 Å². The highest BCUT2D eigenvalue weighted by molar-refractivity contribution is 6.37. The number of esters is 1. The highest BCUT2D eigenvalue weighted by Crippen LogP contribution is 2.28. The van der Waals surface area contributed by atoms with Gasteiger partial charge in [-0.05, 0) is 31.2 Å². The van der Waals surface area contributed by atoms with Gasteiger partial charge in [-0.2, -0.15) is 0 Å². The quantitative estimate of drug-likeness (QED) is 0.568. The summed E-state index contributed by atoms with van der Waals surface area (Å²) >= 11 is 0. The van der Waals surface area contributed by atoms with Gasteiger partial charge in [-0.15, -0.1) is 0 Å². The number of aromatic amines is 1. The minimum atomic E-state index is -0.933. The molecule has 0 bridgehead atoms. The number of hydrogen-bond acceptors (Lipinski definition) is 5. The molecular formula is C17H15N3O4. The Morgan fingerprint density at radius 2 is 2.08 bits per heavy atom. The molecule has 0 aliphatic heterocycles. The number of fused-ring (bicyclic) bond motifs is 1. The normalized spacial score (nSPS) is 10.4. The van der Waals surface area contributed by atoms with Crippen LogP contribution in [0, 0.1) is 0 Å². The zero-order valence-corrected chi connectivity index (χ0v) is 12.9. The number of nitrogens with zero attached hydrogens (tertiary/aromatic N) is 1. The van der Waals surface area contributed by atoms with E-state index in [1.165, 1.54) is 6.20 Å². The highest BCUT2D eigenvalue weighted by atomic mass is 16.5. The number of hydrogen-bond donors (Lipinski definition) is 2. The Labute approximate surface area is 137 Å². The smallest absolute Gasteiger partial charge is 0.397 e. The molecule has 2 heterocycles. The van der Waals surface area contributed by atoms with Gasteiger partial charge in [0.25, 0.3) is 0 Å². The van der Waals surface area contributed by atoms with Gasteiger partial charge in [-0.3, -0.25) is 4.79 Å². The molecular weight excluding hydrogens is 310 g/mol. The van der Waals surface area contributed by atoms with E-state index >= 15 is 0 Å². The summed E-state index contributed by atoms with van der Waals surface area (Å²) in [4.78, 5) is 30.0. The first kappa shape index (κ1) is 15.5. The largest absolute Gasteiger partial charge is 0.459 e. The summed E-state index contributed by atoms with van der Waals surface area (Å²) in [5.41, 5.74) is 1.34. The second-order valence-electron chi connectivity index (χ2n) is 4.86. The van der Waals surface area contributed by atoms with E-state index < -0.39 is 11.9 Å². The van der Waals surface area contributed by atoms with Crippen molar-refractivity contribution in [3.63, 3.8) is 0 Å². The lowest BCUT2D eigenvalue weighted by Gasteiger charge is -2.07. The van der Waals surface area contributed by atoms with Crippen molar-refractivity contribution in [1.29, 1.82) is 0 Å². The number of rotatable bonds is 4. The summed E-state index contributed by atoms with van der Waals surface area (Å²) in [6.45, 7) is 1.77. The zero-order valence-electron chi connectivity index (χ0n) is 12.9. The molecule has 7 heteroatoms. The van der Waals surface area contributed by atoms with E-state index in [1.54, 1.807) is 19.1 Å². The van der Waals surface area contributed by atoms with Crippen molar-refractivity contribution in [2.45, 2.75) is 6.92 Å². The average molecular weight is 325 g/mol. The van der Waals surface area contributed by atoms with Crippen LogP contribution >= 0.6 is 0 Å². The molecule has 3 aromatic rings. The summed E-state index contributed by atoms with van der Waals surface area (Å²) in [6.07, 6.45) is 3.24. The zero-order chi connectivity index (χ0) is 16.9. The van der Waals surface area contributed by atoms with Crippen molar-refractivity contribution >= 4 is 28.5 Å². The molecule has 0 atom stereocenters. The highest BCUT2D eigenvalue weighted by Gasteiger charge is 2.15. The van der Waals surface area contributed by atoms with Crippen LogP contribution in [0.25, 0.3) is 10.9 Å². The van der Waals surface area contributed by atoms with Gasteiger partial charge in [0, 0.05) is 23.2 Å². The van der Waals surface area contributed by atoms with Gasteiger partial charge in [-0.25, -0.2) is 9.78 Å². The van der Waals surface area contributed by atoms with E-state index in [4.69, 9.17) is 4.74 Å². The van der Waals surface area contributed by atoms with E-state index in [9.17, 15) is 9.59 Å². The molecule has 1 aromatic carbocycles. The topological polar surface area (TPSA) is 93.3 Å². The van der Waals surface area contributed by atoms with Crippen LogP contribution in [-0.4, -0.2) is 28.5 Å². The molecule has 0 unspecified atom stereocenters. The summed E-state index contributed by atoms with van der Waals surface area (Å²) in [5, 5.41) is 3.35. The predicted molar refractivity (Wildman–Crippen MR) is 87.9 cm³/mol. The van der Waals surface area contributed by atoms with Crippen LogP contribution in [0.5, 0.6) is 11.6 Å².